The van der Waals surface area contributed by atoms with Crippen LogP contribution in [0.4, 0.5) is 0 Å². The van der Waals surface area contributed by atoms with Crippen molar-refractivity contribution in [2.24, 2.45) is 0 Å². The number of nitrogens with zero attached hydrogens (tertiary/aromatic N) is 3. The van der Waals surface area contributed by atoms with Gasteiger partial charge in [0.25, 0.3) is 0 Å². The third-order valence-electron chi connectivity index (χ3n) is 3.35. The summed E-state index contributed by atoms with van der Waals surface area (Å²) in [6.07, 6.45) is 4.26. The smallest absolute Gasteiger partial charge is 0.164 e. The van der Waals surface area contributed by atoms with Crippen LogP contribution < -0.4 is 10.1 Å². The molecule has 0 bridgehead atoms. The molecule has 2 aromatic rings. The molecule has 0 aromatic carbocycles. The zero-order valence-electron chi connectivity index (χ0n) is 9.89. The lowest BCUT2D eigenvalue weighted by atomic mass is 9.97. The summed E-state index contributed by atoms with van der Waals surface area (Å²) in [4.78, 5) is 0. The summed E-state index contributed by atoms with van der Waals surface area (Å²) in [5, 5.41) is 11.9. The van der Waals surface area contributed by atoms with Gasteiger partial charge in [-0.15, -0.1) is 10.2 Å². The largest absolute Gasteiger partial charge is 0.497 e. The molecule has 0 saturated carbocycles. The van der Waals surface area contributed by atoms with E-state index in [2.05, 4.69) is 19.9 Å². The summed E-state index contributed by atoms with van der Waals surface area (Å²) < 4.78 is 7.25. The van der Waals surface area contributed by atoms with E-state index in [1.165, 1.54) is 0 Å². The van der Waals surface area contributed by atoms with Crippen LogP contribution in [0.1, 0.15) is 24.6 Å². The maximum atomic E-state index is 5.19. The Morgan fingerprint density at radius 3 is 2.94 bits per heavy atom. The van der Waals surface area contributed by atoms with Crippen molar-refractivity contribution in [3.05, 3.63) is 24.2 Å². The van der Waals surface area contributed by atoms with Crippen molar-refractivity contribution in [2.75, 3.05) is 20.2 Å². The number of hydrogen-bond donors (Lipinski definition) is 1. The molecule has 1 N–H and O–H groups in total. The van der Waals surface area contributed by atoms with Crippen molar-refractivity contribution in [1.82, 2.24) is 19.9 Å². The van der Waals surface area contributed by atoms with Crippen LogP contribution in [-0.2, 0) is 0 Å². The van der Waals surface area contributed by atoms with Crippen molar-refractivity contribution in [3.63, 3.8) is 0 Å². The molecule has 0 amide bonds. The Bertz CT molecular complexity index is 516. The van der Waals surface area contributed by atoms with E-state index < -0.39 is 0 Å². The normalized spacial score (nSPS) is 17.5. The van der Waals surface area contributed by atoms with Crippen molar-refractivity contribution in [1.29, 1.82) is 0 Å². The van der Waals surface area contributed by atoms with E-state index in [0.717, 1.165) is 43.2 Å². The molecule has 1 aliphatic heterocycles. The molecule has 0 atom stereocenters. The Morgan fingerprint density at radius 1 is 1.35 bits per heavy atom. The van der Waals surface area contributed by atoms with E-state index in [9.17, 15) is 0 Å². The summed E-state index contributed by atoms with van der Waals surface area (Å²) in [6, 6.07) is 3.86. The predicted molar refractivity (Wildman–Crippen MR) is 64.4 cm³/mol. The van der Waals surface area contributed by atoms with E-state index in [-0.39, 0.29) is 0 Å². The van der Waals surface area contributed by atoms with Gasteiger partial charge in [0.1, 0.15) is 11.6 Å². The number of hydrogen-bond acceptors (Lipinski definition) is 4. The van der Waals surface area contributed by atoms with E-state index in [1.807, 2.05) is 18.3 Å². The number of aromatic nitrogens is 3. The maximum absolute atomic E-state index is 5.19. The molecule has 0 radical (unpaired) electrons. The molecular weight excluding hydrogens is 216 g/mol. The minimum atomic E-state index is 0.514. The van der Waals surface area contributed by atoms with E-state index in [0.29, 0.717) is 5.92 Å². The van der Waals surface area contributed by atoms with Crippen LogP contribution in [-0.4, -0.2) is 34.8 Å². The van der Waals surface area contributed by atoms with E-state index in [4.69, 9.17) is 4.74 Å². The molecule has 2 aromatic heterocycles. The van der Waals surface area contributed by atoms with Gasteiger partial charge >= 0.3 is 0 Å². The Morgan fingerprint density at radius 2 is 2.18 bits per heavy atom. The lowest BCUT2D eigenvalue weighted by Gasteiger charge is -2.20. The van der Waals surface area contributed by atoms with Crippen LogP contribution in [0, 0.1) is 0 Å². The van der Waals surface area contributed by atoms with Crippen molar-refractivity contribution >= 4 is 5.65 Å². The highest BCUT2D eigenvalue weighted by Gasteiger charge is 2.20. The quantitative estimate of drug-likeness (QED) is 0.845. The number of fused-ring (bicyclic) bond motifs is 1. The first kappa shape index (κ1) is 10.5. The second kappa shape index (κ2) is 4.33. The number of methoxy groups -OCH3 is 1. The standard InChI is InChI=1S/C12H16N4O/c1-17-10-4-7-16-11(8-10)14-15-12(16)9-2-5-13-6-3-9/h4,7-9,13H,2-3,5-6H2,1H3. The van der Waals surface area contributed by atoms with Gasteiger partial charge in [-0.2, -0.15) is 0 Å². The highest BCUT2D eigenvalue weighted by atomic mass is 16.5. The number of rotatable bonds is 2. The molecule has 1 fully saturated rings. The van der Waals surface area contributed by atoms with E-state index >= 15 is 0 Å². The van der Waals surface area contributed by atoms with Crippen LogP contribution in [0.3, 0.4) is 0 Å². The van der Waals surface area contributed by atoms with Crippen molar-refractivity contribution < 1.29 is 4.74 Å². The minimum absolute atomic E-state index is 0.514. The molecule has 3 rings (SSSR count). The van der Waals surface area contributed by atoms with Gasteiger partial charge in [0.2, 0.25) is 0 Å². The van der Waals surface area contributed by atoms with Gasteiger partial charge in [0.15, 0.2) is 5.65 Å². The van der Waals surface area contributed by atoms with Crippen molar-refractivity contribution in [2.45, 2.75) is 18.8 Å². The second-order valence-electron chi connectivity index (χ2n) is 4.38. The SMILES string of the molecule is COc1ccn2c(C3CCNCC3)nnc2c1. The lowest BCUT2D eigenvalue weighted by Crippen LogP contribution is -2.27. The Balaban J connectivity index is 1.99. The summed E-state index contributed by atoms with van der Waals surface area (Å²) in [6.45, 7) is 2.13. The third kappa shape index (κ3) is 1.86. The molecule has 17 heavy (non-hydrogen) atoms. The van der Waals surface area contributed by atoms with E-state index in [1.54, 1.807) is 7.11 Å². The fourth-order valence-electron chi connectivity index (χ4n) is 2.38. The number of piperidine rings is 1. The molecule has 90 valence electrons. The topological polar surface area (TPSA) is 51.5 Å². The molecule has 1 aliphatic rings. The van der Waals surface area contributed by atoms with Crippen molar-refractivity contribution in [3.8, 4) is 5.75 Å². The number of nitrogens with one attached hydrogen (secondary N) is 1. The average molecular weight is 232 g/mol. The lowest BCUT2D eigenvalue weighted by molar-refractivity contribution is 0.414. The zero-order valence-corrected chi connectivity index (χ0v) is 9.89. The van der Waals surface area contributed by atoms with Gasteiger partial charge in [-0.05, 0) is 32.0 Å². The monoisotopic (exact) mass is 232 g/mol. The van der Waals surface area contributed by atoms with Gasteiger partial charge in [0.05, 0.1) is 7.11 Å². The fourth-order valence-corrected chi connectivity index (χ4v) is 2.38. The first-order valence-electron chi connectivity index (χ1n) is 5.98. The van der Waals surface area contributed by atoms with Crippen LogP contribution in [0.15, 0.2) is 18.3 Å². The molecule has 3 heterocycles. The fraction of sp³-hybridized carbons (Fsp3) is 0.500. The zero-order chi connectivity index (χ0) is 11.7. The van der Waals surface area contributed by atoms with Gasteiger partial charge in [-0.25, -0.2) is 0 Å². The van der Waals surface area contributed by atoms with Gasteiger partial charge in [0, 0.05) is 18.2 Å². The molecule has 5 nitrogen and oxygen atoms in total. The second-order valence-corrected chi connectivity index (χ2v) is 4.38. The molecule has 1 saturated heterocycles. The van der Waals surface area contributed by atoms with Gasteiger partial charge in [-0.1, -0.05) is 0 Å². The molecule has 0 aliphatic carbocycles. The van der Waals surface area contributed by atoms with Crippen LogP contribution in [0.5, 0.6) is 5.75 Å². The van der Waals surface area contributed by atoms with Crippen LogP contribution >= 0.6 is 0 Å². The predicted octanol–water partition coefficient (Wildman–Crippen LogP) is 1.20. The first-order valence-corrected chi connectivity index (χ1v) is 5.98. The summed E-state index contributed by atoms with van der Waals surface area (Å²) in [7, 11) is 1.66. The third-order valence-corrected chi connectivity index (χ3v) is 3.35. The molecule has 5 heteroatoms. The summed E-state index contributed by atoms with van der Waals surface area (Å²) >= 11 is 0. The summed E-state index contributed by atoms with van der Waals surface area (Å²) in [5.74, 6) is 2.41. The average Bonchev–Trinajstić information content (AvgIpc) is 2.82. The Kier molecular flexibility index (Phi) is 2.68. The minimum Gasteiger partial charge on any atom is -0.497 e. The van der Waals surface area contributed by atoms with Gasteiger partial charge in [-0.3, -0.25) is 4.40 Å². The van der Waals surface area contributed by atoms with Crippen LogP contribution in [0.2, 0.25) is 0 Å². The number of ether oxygens (including phenoxy) is 1. The molecule has 0 spiro atoms. The van der Waals surface area contributed by atoms with Crippen LogP contribution in [0.25, 0.3) is 5.65 Å². The molecule has 0 unspecified atom stereocenters. The highest BCUT2D eigenvalue weighted by molar-refractivity contribution is 5.44. The first-order chi connectivity index (χ1) is 8.38. The Hall–Kier alpha value is -1.62. The summed E-state index contributed by atoms with van der Waals surface area (Å²) in [5.41, 5.74) is 0.859. The highest BCUT2D eigenvalue weighted by Crippen LogP contribution is 2.25. The number of pyridine rings is 1. The Labute approximate surface area is 99.8 Å². The molecular formula is C12H16N4O. The van der Waals surface area contributed by atoms with Gasteiger partial charge < -0.3 is 10.1 Å². The maximum Gasteiger partial charge on any atom is 0.164 e.